The summed E-state index contributed by atoms with van der Waals surface area (Å²) in [7, 11) is 0. The summed E-state index contributed by atoms with van der Waals surface area (Å²) in [6.45, 7) is 1.64. The number of nitrogens with zero attached hydrogens (tertiary/aromatic N) is 5. The monoisotopic (exact) mass is 433 g/mol. The molecular weight excluding hydrogens is 423 g/mol. The maximum atomic E-state index is 13.4. The molecule has 1 unspecified atom stereocenters. The fourth-order valence-corrected chi connectivity index (χ4v) is 3.40. The number of hydrogen-bond donors (Lipinski definition) is 0. The second-order valence-electron chi connectivity index (χ2n) is 6.56. The van der Waals surface area contributed by atoms with E-state index in [9.17, 15) is 18.0 Å². The lowest BCUT2D eigenvalue weighted by Gasteiger charge is -2.21. The second-order valence-corrected chi connectivity index (χ2v) is 6.97. The largest absolute Gasteiger partial charge is 0.431 e. The first-order valence-corrected chi connectivity index (χ1v) is 8.96. The topological polar surface area (TPSA) is 95.4 Å². The quantitative estimate of drug-likeness (QED) is 0.598. The van der Waals surface area contributed by atoms with Gasteiger partial charge in [-0.15, -0.1) is 0 Å². The fraction of sp³-hybridized carbons (Fsp3) is 0.211. The minimum atomic E-state index is -4.69. The number of rotatable bonds is 2. The Bertz CT molecular complexity index is 1300. The van der Waals surface area contributed by atoms with Crippen molar-refractivity contribution in [2.24, 2.45) is 5.10 Å². The molecule has 4 rings (SSSR count). The Labute approximate surface area is 172 Å². The summed E-state index contributed by atoms with van der Waals surface area (Å²) in [4.78, 5) is 20.8. The van der Waals surface area contributed by atoms with Gasteiger partial charge in [0.2, 0.25) is 5.89 Å². The third kappa shape index (κ3) is 3.37. The van der Waals surface area contributed by atoms with Crippen molar-refractivity contribution in [3.8, 4) is 6.07 Å². The number of alkyl halides is 3. The lowest BCUT2D eigenvalue weighted by molar-refractivity contribution is -0.0600. The summed E-state index contributed by atoms with van der Waals surface area (Å²) >= 11 is 6.11. The van der Waals surface area contributed by atoms with Gasteiger partial charge in [-0.25, -0.2) is 19.8 Å². The number of aryl methyl sites for hydroxylation is 1. The zero-order chi connectivity index (χ0) is 21.6. The molecule has 1 aromatic carbocycles. The number of nitriles is 1. The average Bonchev–Trinajstić information content (AvgIpc) is 3.14. The first kappa shape index (κ1) is 19.8. The van der Waals surface area contributed by atoms with Crippen LogP contribution in [0.3, 0.4) is 0 Å². The van der Waals surface area contributed by atoms with Crippen LogP contribution in [0.1, 0.15) is 29.5 Å². The summed E-state index contributed by atoms with van der Waals surface area (Å²) in [5, 5.41) is 13.8. The lowest BCUT2D eigenvalue weighted by Crippen LogP contribution is -2.23. The van der Waals surface area contributed by atoms with Crippen molar-refractivity contribution in [2.45, 2.75) is 25.6 Å². The molecule has 1 aliphatic heterocycles. The van der Waals surface area contributed by atoms with Crippen molar-refractivity contribution < 1.29 is 17.6 Å². The summed E-state index contributed by atoms with van der Waals surface area (Å²) in [5.74, 6) is -0.283. The number of benzene rings is 1. The number of hydrazone groups is 1. The Kier molecular flexibility index (Phi) is 4.70. The Morgan fingerprint density at radius 3 is 2.80 bits per heavy atom. The summed E-state index contributed by atoms with van der Waals surface area (Å²) in [5.41, 5.74) is -0.909. The molecule has 0 saturated heterocycles. The predicted molar refractivity (Wildman–Crippen MR) is 102 cm³/mol. The SMILES string of the molecule is Cc1cc(C#N)cc2c(=O)oc(C3CC(C(F)(F)F)=NN3c3ncccc3Cl)nc12. The van der Waals surface area contributed by atoms with Crippen LogP contribution in [0.4, 0.5) is 19.0 Å². The highest BCUT2D eigenvalue weighted by Crippen LogP contribution is 2.40. The van der Waals surface area contributed by atoms with Gasteiger partial charge in [0, 0.05) is 12.6 Å². The van der Waals surface area contributed by atoms with Crippen LogP contribution < -0.4 is 10.6 Å². The van der Waals surface area contributed by atoms with Gasteiger partial charge >= 0.3 is 11.8 Å². The van der Waals surface area contributed by atoms with Crippen molar-refractivity contribution in [1.29, 1.82) is 5.26 Å². The van der Waals surface area contributed by atoms with Crippen molar-refractivity contribution in [2.75, 3.05) is 5.01 Å². The fourth-order valence-electron chi connectivity index (χ4n) is 3.19. The van der Waals surface area contributed by atoms with Crippen molar-refractivity contribution in [1.82, 2.24) is 9.97 Å². The van der Waals surface area contributed by atoms with E-state index in [0.717, 1.165) is 5.01 Å². The van der Waals surface area contributed by atoms with Crippen LogP contribution in [0.2, 0.25) is 5.02 Å². The van der Waals surface area contributed by atoms with E-state index < -0.39 is 30.0 Å². The molecule has 0 aliphatic carbocycles. The number of aromatic nitrogens is 2. The molecule has 30 heavy (non-hydrogen) atoms. The number of fused-ring (bicyclic) bond motifs is 1. The van der Waals surface area contributed by atoms with Gasteiger partial charge < -0.3 is 4.42 Å². The highest BCUT2D eigenvalue weighted by Gasteiger charge is 2.46. The van der Waals surface area contributed by atoms with Gasteiger partial charge in [0.25, 0.3) is 0 Å². The molecule has 7 nitrogen and oxygen atoms in total. The Morgan fingerprint density at radius 1 is 1.37 bits per heavy atom. The maximum absolute atomic E-state index is 13.4. The van der Waals surface area contributed by atoms with Gasteiger partial charge in [-0.2, -0.15) is 23.5 Å². The van der Waals surface area contributed by atoms with E-state index in [-0.39, 0.29) is 33.2 Å². The van der Waals surface area contributed by atoms with E-state index in [1.807, 2.05) is 6.07 Å². The van der Waals surface area contributed by atoms with Crippen molar-refractivity contribution in [3.05, 3.63) is 62.9 Å². The van der Waals surface area contributed by atoms with Crippen molar-refractivity contribution >= 4 is 34.0 Å². The molecule has 3 aromatic rings. The molecule has 0 saturated carbocycles. The summed E-state index contributed by atoms with van der Waals surface area (Å²) in [6.07, 6.45) is -3.94. The van der Waals surface area contributed by atoms with Gasteiger partial charge in [0.1, 0.15) is 11.8 Å². The normalized spacial score (nSPS) is 16.6. The highest BCUT2D eigenvalue weighted by molar-refractivity contribution is 6.33. The second kappa shape index (κ2) is 7.11. The number of hydrogen-bond acceptors (Lipinski definition) is 7. The number of halogens is 4. The number of pyridine rings is 1. The van der Waals surface area contributed by atoms with E-state index in [2.05, 4.69) is 15.1 Å². The van der Waals surface area contributed by atoms with Crippen LogP contribution in [0.25, 0.3) is 10.9 Å². The minimum absolute atomic E-state index is 0.0236. The molecule has 2 aromatic heterocycles. The zero-order valence-electron chi connectivity index (χ0n) is 15.2. The lowest BCUT2D eigenvalue weighted by atomic mass is 10.1. The van der Waals surface area contributed by atoms with Crippen LogP contribution in [0, 0.1) is 18.3 Å². The Morgan fingerprint density at radius 2 is 2.13 bits per heavy atom. The summed E-state index contributed by atoms with van der Waals surface area (Å²) in [6, 6.07) is 6.58. The van der Waals surface area contributed by atoms with Crippen LogP contribution in [-0.2, 0) is 0 Å². The van der Waals surface area contributed by atoms with E-state index in [1.54, 1.807) is 6.92 Å². The molecular formula is C19H11ClF3N5O2. The molecule has 1 atom stereocenters. The Balaban J connectivity index is 1.89. The van der Waals surface area contributed by atoms with E-state index >= 15 is 0 Å². The molecule has 0 amide bonds. The van der Waals surface area contributed by atoms with Gasteiger partial charge in [-0.05, 0) is 36.8 Å². The van der Waals surface area contributed by atoms with Gasteiger partial charge in [-0.3, -0.25) is 0 Å². The molecule has 1 aliphatic rings. The molecule has 0 spiro atoms. The average molecular weight is 434 g/mol. The smallest absolute Gasteiger partial charge is 0.405 e. The zero-order valence-corrected chi connectivity index (χ0v) is 16.0. The van der Waals surface area contributed by atoms with E-state index in [1.165, 1.54) is 30.5 Å². The standard InChI is InChI=1S/C19H11ClF3N5O2/c1-9-5-10(8-24)6-11-15(9)26-17(30-18(11)29)13-7-14(19(21,22)23)27-28(13)16-12(20)3-2-4-25-16/h2-6,13H,7H2,1H3. The van der Waals surface area contributed by atoms with E-state index in [0.29, 0.717) is 5.56 Å². The van der Waals surface area contributed by atoms with Crippen LogP contribution in [0.15, 0.2) is 44.8 Å². The Hall–Kier alpha value is -3.45. The molecule has 0 bridgehead atoms. The number of anilines is 1. The minimum Gasteiger partial charge on any atom is -0.405 e. The van der Waals surface area contributed by atoms with Gasteiger partial charge in [0.05, 0.1) is 27.6 Å². The van der Waals surface area contributed by atoms with Crippen molar-refractivity contribution in [3.63, 3.8) is 0 Å². The van der Waals surface area contributed by atoms with E-state index in [4.69, 9.17) is 21.3 Å². The first-order valence-electron chi connectivity index (χ1n) is 8.59. The molecule has 0 fully saturated rings. The molecule has 0 N–H and O–H groups in total. The molecule has 0 radical (unpaired) electrons. The highest BCUT2D eigenvalue weighted by atomic mass is 35.5. The van der Waals surface area contributed by atoms with Crippen LogP contribution >= 0.6 is 11.6 Å². The molecule has 3 heterocycles. The maximum Gasteiger partial charge on any atom is 0.431 e. The molecule has 152 valence electrons. The third-order valence-corrected chi connectivity index (χ3v) is 4.84. The molecule has 11 heteroatoms. The van der Waals surface area contributed by atoms with Gasteiger partial charge in [0.15, 0.2) is 5.82 Å². The first-order chi connectivity index (χ1) is 14.2. The predicted octanol–water partition coefficient (Wildman–Crippen LogP) is 4.29. The van der Waals surface area contributed by atoms with Crippen LogP contribution in [0.5, 0.6) is 0 Å². The van der Waals surface area contributed by atoms with Crippen LogP contribution in [-0.4, -0.2) is 21.9 Å². The van der Waals surface area contributed by atoms with Gasteiger partial charge in [-0.1, -0.05) is 11.6 Å². The summed E-state index contributed by atoms with van der Waals surface area (Å²) < 4.78 is 45.3. The third-order valence-electron chi connectivity index (χ3n) is 4.55.